The van der Waals surface area contributed by atoms with Crippen molar-refractivity contribution in [2.45, 2.75) is 33.1 Å². The van der Waals surface area contributed by atoms with Crippen molar-refractivity contribution >= 4 is 11.8 Å². The van der Waals surface area contributed by atoms with Gasteiger partial charge in [0.05, 0.1) is 5.92 Å². The number of aromatic nitrogens is 1. The maximum Gasteiger partial charge on any atom is 0.225 e. The lowest BCUT2D eigenvalue weighted by Gasteiger charge is -2.33. The highest BCUT2D eigenvalue weighted by Crippen LogP contribution is 2.18. The smallest absolute Gasteiger partial charge is 0.225 e. The summed E-state index contributed by atoms with van der Waals surface area (Å²) in [5, 5.41) is 2.97. The first-order chi connectivity index (χ1) is 10.6. The van der Waals surface area contributed by atoms with E-state index in [4.69, 9.17) is 0 Å². The number of likely N-dealkylation sites (tertiary alicyclic amines) is 1. The van der Waals surface area contributed by atoms with Crippen LogP contribution in [0, 0.1) is 11.8 Å². The van der Waals surface area contributed by atoms with Crippen LogP contribution in [0.4, 0.5) is 0 Å². The van der Waals surface area contributed by atoms with Crippen LogP contribution in [-0.2, 0) is 16.0 Å². The van der Waals surface area contributed by atoms with Gasteiger partial charge in [-0.2, -0.15) is 0 Å². The summed E-state index contributed by atoms with van der Waals surface area (Å²) >= 11 is 0. The first-order valence-corrected chi connectivity index (χ1v) is 8.04. The summed E-state index contributed by atoms with van der Waals surface area (Å²) in [6, 6.07) is 5.78. The maximum absolute atomic E-state index is 12.3. The van der Waals surface area contributed by atoms with Crippen LogP contribution in [0.3, 0.4) is 0 Å². The molecule has 0 bridgehead atoms. The second-order valence-corrected chi connectivity index (χ2v) is 6.14. The average molecular weight is 303 g/mol. The Morgan fingerprint density at radius 3 is 2.91 bits per heavy atom. The molecule has 1 aromatic heterocycles. The third-order valence-corrected chi connectivity index (χ3v) is 4.00. The van der Waals surface area contributed by atoms with E-state index in [2.05, 4.69) is 10.3 Å². The average Bonchev–Trinajstić information content (AvgIpc) is 2.55. The van der Waals surface area contributed by atoms with E-state index in [1.807, 2.05) is 36.9 Å². The minimum Gasteiger partial charge on any atom is -0.355 e. The quantitative estimate of drug-likeness (QED) is 0.899. The Labute approximate surface area is 132 Å². The van der Waals surface area contributed by atoms with Gasteiger partial charge in [-0.05, 0) is 25.0 Å². The third-order valence-electron chi connectivity index (χ3n) is 4.00. The van der Waals surface area contributed by atoms with Crippen LogP contribution < -0.4 is 5.32 Å². The Balaban J connectivity index is 1.78. The number of amides is 2. The van der Waals surface area contributed by atoms with Gasteiger partial charge in [0.25, 0.3) is 0 Å². The van der Waals surface area contributed by atoms with Crippen molar-refractivity contribution in [2.24, 2.45) is 11.8 Å². The molecule has 1 fully saturated rings. The molecule has 0 saturated carbocycles. The van der Waals surface area contributed by atoms with E-state index in [0.29, 0.717) is 13.1 Å². The number of rotatable bonds is 5. The van der Waals surface area contributed by atoms with Crippen molar-refractivity contribution in [1.29, 1.82) is 0 Å². The zero-order chi connectivity index (χ0) is 15.9. The lowest BCUT2D eigenvalue weighted by atomic mass is 9.96. The molecule has 1 aromatic rings. The molecule has 2 amide bonds. The first-order valence-electron chi connectivity index (χ1n) is 8.04. The van der Waals surface area contributed by atoms with E-state index in [0.717, 1.165) is 31.5 Å². The second-order valence-electron chi connectivity index (χ2n) is 6.14. The number of hydrogen-bond acceptors (Lipinski definition) is 3. The molecule has 1 aliphatic rings. The predicted molar refractivity (Wildman–Crippen MR) is 85.1 cm³/mol. The molecule has 0 unspecified atom stereocenters. The molecule has 5 nitrogen and oxygen atoms in total. The Kier molecular flexibility index (Phi) is 5.92. The number of carbonyl (C=O) groups excluding carboxylic acids is 2. The number of carbonyl (C=O) groups is 2. The summed E-state index contributed by atoms with van der Waals surface area (Å²) in [6.07, 6.45) is 4.25. The molecule has 0 spiro atoms. The normalized spacial score (nSPS) is 18.3. The summed E-state index contributed by atoms with van der Waals surface area (Å²) in [5.41, 5.74) is 0.975. The van der Waals surface area contributed by atoms with Gasteiger partial charge in [0.15, 0.2) is 0 Å². The molecule has 2 heterocycles. The Hall–Kier alpha value is -1.91. The number of pyridine rings is 1. The Bertz CT molecular complexity index is 502. The topological polar surface area (TPSA) is 62.3 Å². The molecule has 0 radical (unpaired) electrons. The van der Waals surface area contributed by atoms with E-state index in [1.165, 1.54) is 0 Å². The van der Waals surface area contributed by atoms with Crippen molar-refractivity contribution in [3.63, 3.8) is 0 Å². The maximum atomic E-state index is 12.3. The summed E-state index contributed by atoms with van der Waals surface area (Å²) < 4.78 is 0. The Morgan fingerprint density at radius 2 is 2.23 bits per heavy atom. The van der Waals surface area contributed by atoms with E-state index in [1.54, 1.807) is 6.20 Å². The molecule has 5 heteroatoms. The molecular formula is C17H25N3O2. The van der Waals surface area contributed by atoms with Crippen LogP contribution in [-0.4, -0.2) is 41.3 Å². The van der Waals surface area contributed by atoms with E-state index < -0.39 is 0 Å². The van der Waals surface area contributed by atoms with Gasteiger partial charge in [-0.3, -0.25) is 14.6 Å². The lowest BCUT2D eigenvalue weighted by molar-refractivity contribution is -0.138. The molecule has 22 heavy (non-hydrogen) atoms. The minimum absolute atomic E-state index is 0.00836. The number of nitrogens with zero attached hydrogens (tertiary/aromatic N) is 2. The SMILES string of the molecule is CC(C)C(=O)N1CCC[C@@H](C(=O)NCCc2ccccn2)C1. The van der Waals surface area contributed by atoms with E-state index in [-0.39, 0.29) is 23.7 Å². The fourth-order valence-corrected chi connectivity index (χ4v) is 2.76. The van der Waals surface area contributed by atoms with Crippen LogP contribution in [0.5, 0.6) is 0 Å². The minimum atomic E-state index is -0.0832. The van der Waals surface area contributed by atoms with Crippen molar-refractivity contribution in [3.8, 4) is 0 Å². The third kappa shape index (κ3) is 4.55. The highest BCUT2D eigenvalue weighted by molar-refractivity contribution is 5.82. The molecule has 120 valence electrons. The lowest BCUT2D eigenvalue weighted by Crippen LogP contribution is -2.46. The standard InChI is InChI=1S/C17H25N3O2/c1-13(2)17(22)20-11-5-6-14(12-20)16(21)19-10-8-15-7-3-4-9-18-15/h3-4,7,9,13-14H,5-6,8,10-12H2,1-2H3,(H,19,21)/t14-/m1/s1. The number of piperidine rings is 1. The highest BCUT2D eigenvalue weighted by Gasteiger charge is 2.28. The molecule has 1 saturated heterocycles. The molecule has 0 aromatic carbocycles. The van der Waals surface area contributed by atoms with Crippen LogP contribution in [0.2, 0.25) is 0 Å². The highest BCUT2D eigenvalue weighted by atomic mass is 16.2. The summed E-state index contributed by atoms with van der Waals surface area (Å²) in [6.45, 7) is 5.71. The first kappa shape index (κ1) is 16.5. The Morgan fingerprint density at radius 1 is 1.41 bits per heavy atom. The van der Waals surface area contributed by atoms with Gasteiger partial charge in [0.1, 0.15) is 0 Å². The monoisotopic (exact) mass is 303 g/mol. The van der Waals surface area contributed by atoms with Gasteiger partial charge in [0.2, 0.25) is 11.8 Å². The fraction of sp³-hybridized carbons (Fsp3) is 0.588. The van der Waals surface area contributed by atoms with Crippen LogP contribution in [0.1, 0.15) is 32.4 Å². The van der Waals surface area contributed by atoms with Crippen molar-refractivity contribution < 1.29 is 9.59 Å². The van der Waals surface area contributed by atoms with Crippen molar-refractivity contribution in [3.05, 3.63) is 30.1 Å². The molecule has 1 atom stereocenters. The second kappa shape index (κ2) is 7.92. The van der Waals surface area contributed by atoms with Gasteiger partial charge in [-0.25, -0.2) is 0 Å². The van der Waals surface area contributed by atoms with Gasteiger partial charge in [0, 0.05) is 43.9 Å². The van der Waals surface area contributed by atoms with Gasteiger partial charge < -0.3 is 10.2 Å². The largest absolute Gasteiger partial charge is 0.355 e. The zero-order valence-electron chi connectivity index (χ0n) is 13.4. The van der Waals surface area contributed by atoms with Gasteiger partial charge in [-0.1, -0.05) is 19.9 Å². The van der Waals surface area contributed by atoms with Crippen LogP contribution in [0.15, 0.2) is 24.4 Å². The van der Waals surface area contributed by atoms with Crippen LogP contribution >= 0.6 is 0 Å². The molecule has 1 aliphatic heterocycles. The van der Waals surface area contributed by atoms with Crippen molar-refractivity contribution in [2.75, 3.05) is 19.6 Å². The predicted octanol–water partition coefficient (Wildman–Crippen LogP) is 1.63. The fourth-order valence-electron chi connectivity index (χ4n) is 2.76. The van der Waals surface area contributed by atoms with E-state index in [9.17, 15) is 9.59 Å². The number of hydrogen-bond donors (Lipinski definition) is 1. The van der Waals surface area contributed by atoms with Crippen molar-refractivity contribution in [1.82, 2.24) is 15.2 Å². The zero-order valence-corrected chi connectivity index (χ0v) is 13.4. The summed E-state index contributed by atoms with van der Waals surface area (Å²) in [5.74, 6) is 0.106. The molecule has 0 aliphatic carbocycles. The molecule has 1 N–H and O–H groups in total. The van der Waals surface area contributed by atoms with Crippen LogP contribution in [0.25, 0.3) is 0 Å². The number of nitrogens with one attached hydrogen (secondary N) is 1. The summed E-state index contributed by atoms with van der Waals surface area (Å²) in [7, 11) is 0. The van der Waals surface area contributed by atoms with Gasteiger partial charge in [-0.15, -0.1) is 0 Å². The van der Waals surface area contributed by atoms with Gasteiger partial charge >= 0.3 is 0 Å². The molecule has 2 rings (SSSR count). The molecular weight excluding hydrogens is 278 g/mol. The summed E-state index contributed by atoms with van der Waals surface area (Å²) in [4.78, 5) is 30.4. The van der Waals surface area contributed by atoms with E-state index >= 15 is 0 Å².